The van der Waals surface area contributed by atoms with Gasteiger partial charge < -0.3 is 11.1 Å². The summed E-state index contributed by atoms with van der Waals surface area (Å²) in [4.78, 5) is 10.7. The van der Waals surface area contributed by atoms with Gasteiger partial charge in [-0.15, -0.1) is 0 Å². The van der Waals surface area contributed by atoms with Gasteiger partial charge in [0.2, 0.25) is 5.91 Å². The van der Waals surface area contributed by atoms with Gasteiger partial charge in [-0.2, -0.15) is 10.2 Å². The highest BCUT2D eigenvalue weighted by Gasteiger charge is 2.02. The molecule has 94 valence electrons. The van der Waals surface area contributed by atoms with Crippen molar-refractivity contribution in [3.05, 3.63) is 36.9 Å². The number of nitrogens with two attached hydrogens (primary N) is 1. The molecule has 2 rings (SSSR count). The molecule has 2 heterocycles. The van der Waals surface area contributed by atoms with Crippen molar-refractivity contribution in [1.82, 2.24) is 19.6 Å². The van der Waals surface area contributed by atoms with Gasteiger partial charge in [-0.05, 0) is 0 Å². The SMILES string of the molecule is C=Cn1cc(CNc2cnn(CC(N)=O)c2)cn1. The molecule has 0 aromatic carbocycles. The first kappa shape index (κ1) is 11.9. The second-order valence-corrected chi connectivity index (χ2v) is 3.76. The third-order valence-corrected chi connectivity index (χ3v) is 2.29. The molecular formula is C11H14N6O. The number of anilines is 1. The van der Waals surface area contributed by atoms with Crippen LogP contribution in [0, 0.1) is 0 Å². The highest BCUT2D eigenvalue weighted by molar-refractivity contribution is 5.73. The second kappa shape index (κ2) is 5.17. The number of hydrogen-bond acceptors (Lipinski definition) is 4. The summed E-state index contributed by atoms with van der Waals surface area (Å²) in [5.41, 5.74) is 6.92. The lowest BCUT2D eigenvalue weighted by Crippen LogP contribution is -2.18. The number of amides is 1. The Kier molecular flexibility index (Phi) is 3.42. The van der Waals surface area contributed by atoms with Gasteiger partial charge in [0, 0.05) is 30.7 Å². The number of nitrogens with zero attached hydrogens (tertiary/aromatic N) is 4. The van der Waals surface area contributed by atoms with Crippen LogP contribution in [0.15, 0.2) is 31.4 Å². The highest BCUT2D eigenvalue weighted by Crippen LogP contribution is 2.07. The van der Waals surface area contributed by atoms with E-state index < -0.39 is 5.91 Å². The van der Waals surface area contributed by atoms with E-state index in [1.807, 2.05) is 6.20 Å². The molecule has 7 heteroatoms. The van der Waals surface area contributed by atoms with E-state index in [-0.39, 0.29) is 6.54 Å². The molecule has 0 bridgehead atoms. The third-order valence-electron chi connectivity index (χ3n) is 2.29. The molecule has 0 aliphatic heterocycles. The first-order chi connectivity index (χ1) is 8.67. The maximum Gasteiger partial charge on any atom is 0.239 e. The molecule has 3 N–H and O–H groups in total. The van der Waals surface area contributed by atoms with Gasteiger partial charge in [0.25, 0.3) is 0 Å². The number of rotatable bonds is 6. The minimum atomic E-state index is -0.420. The Bertz CT molecular complexity index is 555. The number of primary amides is 1. The lowest BCUT2D eigenvalue weighted by atomic mass is 10.3. The monoisotopic (exact) mass is 246 g/mol. The van der Waals surface area contributed by atoms with Crippen LogP contribution in [0.2, 0.25) is 0 Å². The molecule has 1 amide bonds. The molecule has 7 nitrogen and oxygen atoms in total. The molecule has 2 aromatic heterocycles. The molecule has 0 fully saturated rings. The minimum absolute atomic E-state index is 0.0794. The summed E-state index contributed by atoms with van der Waals surface area (Å²) in [7, 11) is 0. The van der Waals surface area contributed by atoms with Crippen molar-refractivity contribution in [2.45, 2.75) is 13.1 Å². The summed E-state index contributed by atoms with van der Waals surface area (Å²) in [6, 6.07) is 0. The van der Waals surface area contributed by atoms with Gasteiger partial charge in [-0.1, -0.05) is 6.58 Å². The molecular weight excluding hydrogens is 232 g/mol. The van der Waals surface area contributed by atoms with E-state index in [4.69, 9.17) is 5.73 Å². The molecule has 2 aromatic rings. The summed E-state index contributed by atoms with van der Waals surface area (Å²) in [6.45, 7) is 4.32. The number of aromatic nitrogens is 4. The van der Waals surface area contributed by atoms with Crippen LogP contribution in [0.4, 0.5) is 5.69 Å². The standard InChI is InChI=1S/C11H14N6O/c1-2-16-6-9(4-14-16)3-13-10-5-15-17(7-10)8-11(12)18/h2,4-7,13H,1,3,8H2,(H2,12,18). The van der Waals surface area contributed by atoms with Crippen LogP contribution in [0.25, 0.3) is 6.20 Å². The van der Waals surface area contributed by atoms with Crippen molar-refractivity contribution >= 4 is 17.8 Å². The molecule has 0 aliphatic carbocycles. The fraction of sp³-hybridized carbons (Fsp3) is 0.182. The van der Waals surface area contributed by atoms with Gasteiger partial charge in [0.05, 0.1) is 18.1 Å². The number of carbonyl (C=O) groups excluding carboxylic acids is 1. The zero-order valence-corrected chi connectivity index (χ0v) is 9.78. The van der Waals surface area contributed by atoms with Gasteiger partial charge in [0.1, 0.15) is 6.54 Å². The molecule has 0 atom stereocenters. The predicted molar refractivity (Wildman–Crippen MR) is 67.4 cm³/mol. The Morgan fingerprint density at radius 3 is 2.94 bits per heavy atom. The molecule has 0 spiro atoms. The Morgan fingerprint density at radius 1 is 1.44 bits per heavy atom. The summed E-state index contributed by atoms with van der Waals surface area (Å²) in [6.07, 6.45) is 8.61. The number of nitrogens with one attached hydrogen (secondary N) is 1. The summed E-state index contributed by atoms with van der Waals surface area (Å²) in [5.74, 6) is -0.420. The van der Waals surface area contributed by atoms with Crippen LogP contribution in [-0.4, -0.2) is 25.5 Å². The molecule has 0 unspecified atom stereocenters. The Balaban J connectivity index is 1.91. The molecule has 18 heavy (non-hydrogen) atoms. The van der Waals surface area contributed by atoms with E-state index in [0.29, 0.717) is 6.54 Å². The van der Waals surface area contributed by atoms with Crippen molar-refractivity contribution in [2.75, 3.05) is 5.32 Å². The predicted octanol–water partition coefficient (Wildman–Crippen LogP) is 0.277. The lowest BCUT2D eigenvalue weighted by Gasteiger charge is -1.99. The van der Waals surface area contributed by atoms with Crippen LogP contribution in [0.1, 0.15) is 5.56 Å². The van der Waals surface area contributed by atoms with E-state index in [0.717, 1.165) is 11.3 Å². The lowest BCUT2D eigenvalue weighted by molar-refractivity contribution is -0.118. The van der Waals surface area contributed by atoms with Crippen molar-refractivity contribution < 1.29 is 4.79 Å². The first-order valence-corrected chi connectivity index (χ1v) is 5.37. The van der Waals surface area contributed by atoms with Crippen LogP contribution < -0.4 is 11.1 Å². The summed E-state index contributed by atoms with van der Waals surface area (Å²) in [5, 5.41) is 11.2. The van der Waals surface area contributed by atoms with Crippen molar-refractivity contribution in [3.63, 3.8) is 0 Å². The molecule has 0 radical (unpaired) electrons. The smallest absolute Gasteiger partial charge is 0.239 e. The van der Waals surface area contributed by atoms with Gasteiger partial charge >= 0.3 is 0 Å². The van der Waals surface area contributed by atoms with Gasteiger partial charge in [0.15, 0.2) is 0 Å². The normalized spacial score (nSPS) is 10.2. The Morgan fingerprint density at radius 2 is 2.28 bits per heavy atom. The molecule has 0 saturated heterocycles. The van der Waals surface area contributed by atoms with E-state index in [1.165, 1.54) is 4.68 Å². The summed E-state index contributed by atoms with van der Waals surface area (Å²) < 4.78 is 3.12. The molecule has 0 saturated carbocycles. The summed E-state index contributed by atoms with van der Waals surface area (Å²) >= 11 is 0. The second-order valence-electron chi connectivity index (χ2n) is 3.76. The van der Waals surface area contributed by atoms with Crippen LogP contribution >= 0.6 is 0 Å². The minimum Gasteiger partial charge on any atom is -0.378 e. The van der Waals surface area contributed by atoms with E-state index in [2.05, 4.69) is 22.1 Å². The van der Waals surface area contributed by atoms with Gasteiger partial charge in [-0.25, -0.2) is 4.68 Å². The number of carbonyl (C=O) groups is 1. The Labute approximate surface area is 104 Å². The number of hydrogen-bond donors (Lipinski definition) is 2. The highest BCUT2D eigenvalue weighted by atomic mass is 16.1. The fourth-order valence-electron chi connectivity index (χ4n) is 1.47. The van der Waals surface area contributed by atoms with Crippen LogP contribution in [-0.2, 0) is 17.9 Å². The maximum atomic E-state index is 10.7. The Hall–Kier alpha value is -2.57. The average molecular weight is 246 g/mol. The quantitative estimate of drug-likeness (QED) is 0.765. The largest absolute Gasteiger partial charge is 0.378 e. The van der Waals surface area contributed by atoms with E-state index in [9.17, 15) is 4.79 Å². The van der Waals surface area contributed by atoms with Crippen molar-refractivity contribution in [1.29, 1.82) is 0 Å². The average Bonchev–Trinajstić information content (AvgIpc) is 2.94. The first-order valence-electron chi connectivity index (χ1n) is 5.37. The van der Waals surface area contributed by atoms with Crippen molar-refractivity contribution in [2.24, 2.45) is 5.73 Å². The van der Waals surface area contributed by atoms with Crippen LogP contribution in [0.5, 0.6) is 0 Å². The third kappa shape index (κ3) is 2.97. The van der Waals surface area contributed by atoms with E-state index in [1.54, 1.807) is 29.5 Å². The maximum absolute atomic E-state index is 10.7. The van der Waals surface area contributed by atoms with Crippen molar-refractivity contribution in [3.8, 4) is 0 Å². The zero-order valence-electron chi connectivity index (χ0n) is 9.78. The van der Waals surface area contributed by atoms with E-state index >= 15 is 0 Å². The zero-order chi connectivity index (χ0) is 13.0. The topological polar surface area (TPSA) is 90.8 Å². The fourth-order valence-corrected chi connectivity index (χ4v) is 1.47. The molecule has 0 aliphatic rings. The van der Waals surface area contributed by atoms with Crippen LogP contribution in [0.3, 0.4) is 0 Å². The van der Waals surface area contributed by atoms with Gasteiger partial charge in [-0.3, -0.25) is 9.48 Å².